The average Bonchev–Trinajstić information content (AvgIpc) is 2.54. The molecule has 0 aliphatic heterocycles. The number of nitrogens with zero attached hydrogens (tertiary/aromatic N) is 1. The van der Waals surface area contributed by atoms with E-state index in [0.717, 1.165) is 16.7 Å². The molecule has 0 aliphatic carbocycles. The van der Waals surface area contributed by atoms with Crippen LogP contribution in [0.25, 0.3) is 0 Å². The second-order valence-electron chi connectivity index (χ2n) is 5.65. The number of hydrogen-bond donors (Lipinski definition) is 1. The van der Waals surface area contributed by atoms with E-state index in [4.69, 9.17) is 21.6 Å². The van der Waals surface area contributed by atoms with Gasteiger partial charge in [-0.25, -0.2) is 0 Å². The maximum Gasteiger partial charge on any atom is 0.265 e. The van der Waals surface area contributed by atoms with Crippen molar-refractivity contribution in [2.75, 3.05) is 5.32 Å². The SMILES string of the molecule is Cc1cc(O[C@H](C)C(=O)Nc2ccc(CC#N)cc2)cc(C)c1Cl. The number of carbonyl (C=O) groups is 1. The van der Waals surface area contributed by atoms with Crippen LogP contribution in [0.4, 0.5) is 5.69 Å². The van der Waals surface area contributed by atoms with E-state index in [2.05, 4.69) is 11.4 Å². The number of halogens is 1. The Morgan fingerprint density at radius 2 is 1.83 bits per heavy atom. The molecule has 0 saturated heterocycles. The summed E-state index contributed by atoms with van der Waals surface area (Å²) in [4.78, 5) is 12.2. The normalized spacial score (nSPS) is 11.5. The Labute approximate surface area is 147 Å². The maximum atomic E-state index is 12.2. The molecule has 5 heteroatoms. The Kier molecular flexibility index (Phi) is 5.83. The van der Waals surface area contributed by atoms with E-state index in [0.29, 0.717) is 22.9 Å². The quantitative estimate of drug-likeness (QED) is 0.874. The van der Waals surface area contributed by atoms with Crippen molar-refractivity contribution in [2.45, 2.75) is 33.3 Å². The van der Waals surface area contributed by atoms with Crippen LogP contribution in [-0.2, 0) is 11.2 Å². The van der Waals surface area contributed by atoms with Crippen LogP contribution in [0.2, 0.25) is 5.02 Å². The van der Waals surface area contributed by atoms with Crippen molar-refractivity contribution in [3.63, 3.8) is 0 Å². The first kappa shape index (κ1) is 17.8. The minimum absolute atomic E-state index is 0.242. The van der Waals surface area contributed by atoms with Crippen LogP contribution in [0.1, 0.15) is 23.6 Å². The number of nitrogens with one attached hydrogen (secondary N) is 1. The second-order valence-corrected chi connectivity index (χ2v) is 6.03. The summed E-state index contributed by atoms with van der Waals surface area (Å²) in [6.45, 7) is 5.49. The van der Waals surface area contributed by atoms with Crippen LogP contribution in [0.15, 0.2) is 36.4 Å². The number of rotatable bonds is 5. The highest BCUT2D eigenvalue weighted by molar-refractivity contribution is 6.32. The lowest BCUT2D eigenvalue weighted by Gasteiger charge is -2.16. The first-order valence-corrected chi connectivity index (χ1v) is 7.98. The van der Waals surface area contributed by atoms with Gasteiger partial charge in [0.05, 0.1) is 12.5 Å². The largest absolute Gasteiger partial charge is 0.481 e. The van der Waals surface area contributed by atoms with Gasteiger partial charge in [0.25, 0.3) is 5.91 Å². The predicted molar refractivity (Wildman–Crippen MR) is 95.4 cm³/mol. The zero-order chi connectivity index (χ0) is 17.7. The summed E-state index contributed by atoms with van der Waals surface area (Å²) in [5.41, 5.74) is 3.40. The summed E-state index contributed by atoms with van der Waals surface area (Å²) in [6.07, 6.45) is -0.299. The molecule has 0 aromatic heterocycles. The Morgan fingerprint density at radius 3 is 2.38 bits per heavy atom. The molecule has 124 valence electrons. The van der Waals surface area contributed by atoms with Gasteiger partial charge in [0, 0.05) is 10.7 Å². The molecule has 0 heterocycles. The van der Waals surface area contributed by atoms with Crippen molar-refractivity contribution in [1.29, 1.82) is 5.26 Å². The molecule has 2 aromatic rings. The molecule has 0 saturated carbocycles. The van der Waals surface area contributed by atoms with Crippen LogP contribution in [0, 0.1) is 25.2 Å². The number of anilines is 1. The zero-order valence-electron chi connectivity index (χ0n) is 13.9. The monoisotopic (exact) mass is 342 g/mol. The molecule has 0 unspecified atom stereocenters. The standard InChI is InChI=1S/C19H19ClN2O2/c1-12-10-17(11-13(2)18(12)20)24-14(3)19(23)22-16-6-4-15(5-7-16)8-9-21/h4-7,10-11,14H,8H2,1-3H3,(H,22,23)/t14-/m1/s1. The van der Waals surface area contributed by atoms with Crippen molar-refractivity contribution in [3.8, 4) is 11.8 Å². The highest BCUT2D eigenvalue weighted by atomic mass is 35.5. The smallest absolute Gasteiger partial charge is 0.265 e. The van der Waals surface area contributed by atoms with E-state index in [1.807, 2.05) is 38.1 Å². The fourth-order valence-corrected chi connectivity index (χ4v) is 2.38. The summed E-state index contributed by atoms with van der Waals surface area (Å²) < 4.78 is 5.71. The van der Waals surface area contributed by atoms with Crippen LogP contribution < -0.4 is 10.1 Å². The van der Waals surface area contributed by atoms with Crippen molar-refractivity contribution < 1.29 is 9.53 Å². The molecule has 0 spiro atoms. The van der Waals surface area contributed by atoms with Gasteiger partial charge in [-0.2, -0.15) is 5.26 Å². The number of amides is 1. The minimum Gasteiger partial charge on any atom is -0.481 e. The molecule has 0 bridgehead atoms. The lowest BCUT2D eigenvalue weighted by Crippen LogP contribution is -2.30. The molecule has 1 N–H and O–H groups in total. The molecule has 2 aromatic carbocycles. The number of hydrogen-bond acceptors (Lipinski definition) is 3. The third-order valence-corrected chi connectivity index (χ3v) is 4.19. The van der Waals surface area contributed by atoms with Crippen LogP contribution in [0.5, 0.6) is 5.75 Å². The molecular formula is C19H19ClN2O2. The Bertz CT molecular complexity index is 756. The summed E-state index contributed by atoms with van der Waals surface area (Å²) in [6, 6.07) is 12.9. The van der Waals surface area contributed by atoms with E-state index in [9.17, 15) is 4.79 Å². The lowest BCUT2D eigenvalue weighted by atomic mass is 10.1. The molecule has 2 rings (SSSR count). The maximum absolute atomic E-state index is 12.2. The topological polar surface area (TPSA) is 62.1 Å². The third kappa shape index (κ3) is 4.50. The number of nitriles is 1. The number of aryl methyl sites for hydroxylation is 2. The summed E-state index contributed by atoms with van der Waals surface area (Å²) in [5.74, 6) is 0.370. The van der Waals surface area contributed by atoms with Gasteiger partial charge in [-0.1, -0.05) is 23.7 Å². The fourth-order valence-electron chi connectivity index (χ4n) is 2.27. The first-order chi connectivity index (χ1) is 11.4. The predicted octanol–water partition coefficient (Wildman–Crippen LogP) is 4.43. The Hall–Kier alpha value is -2.51. The molecule has 0 fully saturated rings. The van der Waals surface area contributed by atoms with Gasteiger partial charge in [-0.3, -0.25) is 4.79 Å². The van der Waals surface area contributed by atoms with E-state index >= 15 is 0 Å². The molecule has 4 nitrogen and oxygen atoms in total. The van der Waals surface area contributed by atoms with E-state index < -0.39 is 6.10 Å². The van der Waals surface area contributed by atoms with Crippen molar-refractivity contribution in [3.05, 3.63) is 58.1 Å². The summed E-state index contributed by atoms with van der Waals surface area (Å²) >= 11 is 6.14. The van der Waals surface area contributed by atoms with Gasteiger partial charge in [0.2, 0.25) is 0 Å². The van der Waals surface area contributed by atoms with Gasteiger partial charge in [0.15, 0.2) is 6.10 Å². The van der Waals surface area contributed by atoms with E-state index in [1.54, 1.807) is 19.1 Å². The van der Waals surface area contributed by atoms with Gasteiger partial charge in [-0.15, -0.1) is 0 Å². The van der Waals surface area contributed by atoms with Crippen molar-refractivity contribution in [2.24, 2.45) is 0 Å². The van der Waals surface area contributed by atoms with Gasteiger partial charge >= 0.3 is 0 Å². The Balaban J connectivity index is 2.00. The zero-order valence-corrected chi connectivity index (χ0v) is 14.6. The highest BCUT2D eigenvalue weighted by Crippen LogP contribution is 2.26. The summed E-state index contributed by atoms with van der Waals surface area (Å²) in [7, 11) is 0. The number of benzene rings is 2. The molecule has 24 heavy (non-hydrogen) atoms. The molecule has 1 atom stereocenters. The first-order valence-electron chi connectivity index (χ1n) is 7.61. The van der Waals surface area contributed by atoms with Crippen LogP contribution >= 0.6 is 11.6 Å². The molecule has 0 aliphatic rings. The lowest BCUT2D eigenvalue weighted by molar-refractivity contribution is -0.122. The number of carbonyl (C=O) groups excluding carboxylic acids is 1. The van der Waals surface area contributed by atoms with Gasteiger partial charge < -0.3 is 10.1 Å². The second kappa shape index (κ2) is 7.85. The third-order valence-electron chi connectivity index (χ3n) is 3.60. The number of ether oxygens (including phenoxy) is 1. The van der Waals surface area contributed by atoms with Gasteiger partial charge in [0.1, 0.15) is 5.75 Å². The Morgan fingerprint density at radius 1 is 1.25 bits per heavy atom. The van der Waals surface area contributed by atoms with Crippen LogP contribution in [0.3, 0.4) is 0 Å². The van der Waals surface area contributed by atoms with Gasteiger partial charge in [-0.05, 0) is 61.7 Å². The average molecular weight is 343 g/mol. The molecule has 1 amide bonds. The minimum atomic E-state index is -0.649. The van der Waals surface area contributed by atoms with Crippen molar-refractivity contribution in [1.82, 2.24) is 0 Å². The molecular weight excluding hydrogens is 324 g/mol. The van der Waals surface area contributed by atoms with E-state index in [-0.39, 0.29) is 5.91 Å². The summed E-state index contributed by atoms with van der Waals surface area (Å²) in [5, 5.41) is 12.2. The highest BCUT2D eigenvalue weighted by Gasteiger charge is 2.16. The molecule has 0 radical (unpaired) electrons. The fraction of sp³-hybridized carbons (Fsp3) is 0.263. The van der Waals surface area contributed by atoms with Crippen LogP contribution in [-0.4, -0.2) is 12.0 Å². The van der Waals surface area contributed by atoms with E-state index in [1.165, 1.54) is 0 Å². The van der Waals surface area contributed by atoms with Crippen molar-refractivity contribution >= 4 is 23.2 Å².